The van der Waals surface area contributed by atoms with Crippen molar-refractivity contribution in [2.45, 2.75) is 38.0 Å². The fraction of sp³-hybridized carbons (Fsp3) is 0.205. The molecule has 13 nitrogen and oxygen atoms in total. The Balaban J connectivity index is 1.08. The number of carbonyl (C=O) groups is 1. The number of nitrogens with zero attached hydrogens (tertiary/aromatic N) is 7. The summed E-state index contributed by atoms with van der Waals surface area (Å²) in [4.78, 5) is 39.8. The van der Waals surface area contributed by atoms with Crippen LogP contribution in [0.5, 0.6) is 0 Å². The van der Waals surface area contributed by atoms with Crippen LogP contribution < -0.4 is 10.5 Å². The maximum Gasteiger partial charge on any atom is 0.279 e. The highest BCUT2D eigenvalue weighted by Crippen LogP contribution is 2.47. The van der Waals surface area contributed by atoms with Gasteiger partial charge in [0.1, 0.15) is 0 Å². The second kappa shape index (κ2) is 14.1. The first-order chi connectivity index (χ1) is 25.2. The van der Waals surface area contributed by atoms with Gasteiger partial charge in [0.05, 0.1) is 52.6 Å². The third-order valence-corrected chi connectivity index (χ3v) is 9.59. The van der Waals surface area contributed by atoms with Gasteiger partial charge in [0.2, 0.25) is 0 Å². The van der Waals surface area contributed by atoms with Gasteiger partial charge in [-0.1, -0.05) is 85.0 Å². The van der Waals surface area contributed by atoms with Crippen molar-refractivity contribution in [1.82, 2.24) is 24.8 Å². The molecule has 4 aromatic carbocycles. The lowest BCUT2D eigenvalue weighted by Crippen LogP contribution is -2.44. The number of hydrogen-bond acceptors (Lipinski definition) is 9. The van der Waals surface area contributed by atoms with Crippen LogP contribution >= 0.6 is 0 Å². The lowest BCUT2D eigenvalue weighted by molar-refractivity contribution is -0.385. The summed E-state index contributed by atoms with van der Waals surface area (Å²) in [7, 11) is 0. The van der Waals surface area contributed by atoms with Crippen LogP contribution in [0.15, 0.2) is 126 Å². The molecular formula is C39H35N7O6. The molecular weight excluding hydrogens is 662 g/mol. The van der Waals surface area contributed by atoms with Crippen molar-refractivity contribution >= 4 is 28.1 Å². The molecule has 7 rings (SSSR count). The summed E-state index contributed by atoms with van der Waals surface area (Å²) in [5, 5.41) is 47.9. The van der Waals surface area contributed by atoms with Gasteiger partial charge in [-0.05, 0) is 41.8 Å². The maximum atomic E-state index is 14.1. The minimum atomic E-state index is -2.06. The molecule has 3 atom stereocenters. The molecule has 1 unspecified atom stereocenters. The summed E-state index contributed by atoms with van der Waals surface area (Å²) < 4.78 is 2.98. The minimum Gasteiger partial charge on any atom is -0.395 e. The molecule has 0 saturated carbocycles. The molecule has 1 aliphatic heterocycles. The average molecular weight is 698 g/mol. The Kier molecular flexibility index (Phi) is 9.28. The van der Waals surface area contributed by atoms with Crippen LogP contribution in [-0.4, -0.2) is 52.4 Å². The van der Waals surface area contributed by atoms with Crippen molar-refractivity contribution in [2.24, 2.45) is 5.92 Å². The number of aliphatic hydroxyl groups is 2. The van der Waals surface area contributed by atoms with E-state index in [1.807, 2.05) is 48.5 Å². The Morgan fingerprint density at radius 2 is 1.73 bits per heavy atom. The number of non-ortho nitro benzene ring substituents is 1. The molecule has 0 bridgehead atoms. The SMILES string of the molecule is C[C@@H](/C=C/CCn1cc(C(CO)c2ccccc2)nn1)[C@]1(O)C(=O)N(Cc2ccc(-n3ncc4ccccc4c3=O)cc2)c2ccc([N+](=O)[O-])cc21. The number of hydrogen-bond donors (Lipinski definition) is 2. The van der Waals surface area contributed by atoms with Gasteiger partial charge in [0.15, 0.2) is 5.60 Å². The second-order valence-corrected chi connectivity index (χ2v) is 12.8. The molecule has 2 aromatic heterocycles. The summed E-state index contributed by atoms with van der Waals surface area (Å²) in [6.07, 6.45) is 7.48. The number of aliphatic hydroxyl groups excluding tert-OH is 1. The highest BCUT2D eigenvalue weighted by Gasteiger charge is 2.53. The van der Waals surface area contributed by atoms with E-state index in [1.54, 1.807) is 66.5 Å². The normalized spacial score (nSPS) is 16.8. The van der Waals surface area contributed by atoms with Crippen molar-refractivity contribution in [1.29, 1.82) is 0 Å². The topological polar surface area (TPSA) is 170 Å². The largest absolute Gasteiger partial charge is 0.395 e. The standard InChI is InChI=1S/C39H35N7O6/c1-26(9-7-8-20-43-24-35(41-42-43)33(25-47)28-10-3-2-4-11-28)39(50)34-21-31(46(51)52)18-19-36(34)44(38(39)49)23-27-14-16-30(17-15-27)45-37(48)32-13-6-5-12-29(32)22-40-45/h2-7,9-19,21-22,24,26,33,47,50H,8,20,23,25H2,1H3/b9-7+/t26-,33?,39+/m0/s1. The van der Waals surface area contributed by atoms with Gasteiger partial charge in [0.25, 0.3) is 17.2 Å². The number of aromatic nitrogens is 5. The van der Waals surface area contributed by atoms with Crippen molar-refractivity contribution < 1.29 is 19.9 Å². The van der Waals surface area contributed by atoms with Gasteiger partial charge in [-0.2, -0.15) is 9.78 Å². The van der Waals surface area contributed by atoms with E-state index in [0.717, 1.165) is 10.9 Å². The molecule has 0 fully saturated rings. The van der Waals surface area contributed by atoms with Crippen LogP contribution in [0.2, 0.25) is 0 Å². The molecule has 0 radical (unpaired) electrons. The highest BCUT2D eigenvalue weighted by atomic mass is 16.6. The molecule has 0 spiro atoms. The van der Waals surface area contributed by atoms with E-state index in [-0.39, 0.29) is 35.9 Å². The van der Waals surface area contributed by atoms with E-state index in [4.69, 9.17) is 0 Å². The molecule has 2 N–H and O–H groups in total. The van der Waals surface area contributed by atoms with Crippen molar-refractivity contribution in [3.8, 4) is 5.69 Å². The van der Waals surface area contributed by atoms with E-state index in [9.17, 15) is 29.9 Å². The number of benzene rings is 4. The maximum absolute atomic E-state index is 14.1. The molecule has 52 heavy (non-hydrogen) atoms. The monoisotopic (exact) mass is 697 g/mol. The van der Waals surface area contributed by atoms with Crippen LogP contribution in [0.25, 0.3) is 16.5 Å². The summed E-state index contributed by atoms with van der Waals surface area (Å²) in [5.74, 6) is -1.65. The first-order valence-electron chi connectivity index (χ1n) is 16.8. The van der Waals surface area contributed by atoms with E-state index >= 15 is 0 Å². The lowest BCUT2D eigenvalue weighted by atomic mass is 9.82. The minimum absolute atomic E-state index is 0.0785. The average Bonchev–Trinajstić information content (AvgIpc) is 3.72. The van der Waals surface area contributed by atoms with Gasteiger partial charge >= 0.3 is 0 Å². The van der Waals surface area contributed by atoms with Gasteiger partial charge in [-0.25, -0.2) is 0 Å². The smallest absolute Gasteiger partial charge is 0.279 e. The van der Waals surface area contributed by atoms with Crippen LogP contribution in [0, 0.1) is 16.0 Å². The third-order valence-electron chi connectivity index (χ3n) is 9.59. The zero-order valence-electron chi connectivity index (χ0n) is 28.2. The number of fused-ring (bicyclic) bond motifs is 2. The molecule has 0 aliphatic carbocycles. The molecule has 3 heterocycles. The van der Waals surface area contributed by atoms with Gasteiger partial charge in [-0.15, -0.1) is 5.10 Å². The molecule has 13 heteroatoms. The van der Waals surface area contributed by atoms with Gasteiger partial charge < -0.3 is 15.1 Å². The van der Waals surface area contributed by atoms with Crippen LogP contribution in [0.4, 0.5) is 11.4 Å². The number of nitro groups is 1. The Bertz CT molecular complexity index is 2360. The number of allylic oxidation sites excluding steroid dienone is 1. The van der Waals surface area contributed by atoms with Crippen molar-refractivity contribution in [3.05, 3.63) is 164 Å². The van der Waals surface area contributed by atoms with Gasteiger partial charge in [-0.3, -0.25) is 24.4 Å². The van der Waals surface area contributed by atoms with Crippen LogP contribution in [0.1, 0.15) is 41.6 Å². The molecule has 1 amide bonds. The summed E-state index contributed by atoms with van der Waals surface area (Å²) in [6.45, 7) is 2.12. The number of amides is 1. The predicted octanol–water partition coefficient (Wildman–Crippen LogP) is 5.03. The Morgan fingerprint density at radius 1 is 0.981 bits per heavy atom. The van der Waals surface area contributed by atoms with Gasteiger partial charge in [0, 0.05) is 41.7 Å². The number of carbonyl (C=O) groups excluding carboxylic acids is 1. The summed E-state index contributed by atoms with van der Waals surface area (Å²) in [6, 6.07) is 27.9. The molecule has 0 saturated heterocycles. The van der Waals surface area contributed by atoms with E-state index in [1.165, 1.54) is 27.8 Å². The first-order valence-corrected chi connectivity index (χ1v) is 16.8. The molecule has 1 aliphatic rings. The number of rotatable bonds is 12. The van der Waals surface area contributed by atoms with E-state index in [0.29, 0.717) is 41.0 Å². The van der Waals surface area contributed by atoms with E-state index in [2.05, 4.69) is 15.4 Å². The fourth-order valence-corrected chi connectivity index (χ4v) is 6.69. The fourth-order valence-electron chi connectivity index (χ4n) is 6.69. The molecule has 6 aromatic rings. The lowest BCUT2D eigenvalue weighted by Gasteiger charge is -2.27. The van der Waals surface area contributed by atoms with Crippen LogP contribution in [-0.2, 0) is 23.5 Å². The first kappa shape index (κ1) is 34.2. The predicted molar refractivity (Wildman–Crippen MR) is 194 cm³/mol. The van der Waals surface area contributed by atoms with Crippen molar-refractivity contribution in [2.75, 3.05) is 11.5 Å². The Morgan fingerprint density at radius 3 is 2.48 bits per heavy atom. The quantitative estimate of drug-likeness (QED) is 0.101. The summed E-state index contributed by atoms with van der Waals surface area (Å²) in [5.41, 5.74) is 0.810. The second-order valence-electron chi connectivity index (χ2n) is 12.8. The van der Waals surface area contributed by atoms with Crippen LogP contribution in [0.3, 0.4) is 0 Å². The third kappa shape index (κ3) is 6.27. The highest BCUT2D eigenvalue weighted by molar-refractivity contribution is 6.07. The van der Waals surface area contributed by atoms with E-state index < -0.39 is 22.3 Å². The molecule has 262 valence electrons. The number of nitro benzene ring substituents is 1. The zero-order chi connectivity index (χ0) is 36.4. The summed E-state index contributed by atoms with van der Waals surface area (Å²) >= 11 is 0. The zero-order valence-corrected chi connectivity index (χ0v) is 28.2. The Hall–Kier alpha value is -6.31. The number of aryl methyl sites for hydroxylation is 1. The number of anilines is 1. The Labute approximate surface area is 297 Å². The van der Waals surface area contributed by atoms with Crippen molar-refractivity contribution in [3.63, 3.8) is 0 Å².